The molecule has 2 heterocycles. The number of thiophene rings is 1. The third-order valence-corrected chi connectivity index (χ3v) is 7.85. The number of fused-ring (bicyclic) bond motifs is 1. The molecule has 1 aliphatic heterocycles. The van der Waals surface area contributed by atoms with Crippen LogP contribution >= 0.6 is 11.3 Å². The fraction of sp³-hybridized carbons (Fsp3) is 0.379. The Kier molecular flexibility index (Phi) is 8.31. The normalized spacial score (nSPS) is 15.7. The van der Waals surface area contributed by atoms with Crippen LogP contribution in [0.25, 0.3) is 0 Å². The molecule has 36 heavy (non-hydrogen) atoms. The van der Waals surface area contributed by atoms with E-state index in [0.29, 0.717) is 24.5 Å². The molecule has 190 valence electrons. The number of hydrogen-bond acceptors (Lipinski definition) is 5. The van der Waals surface area contributed by atoms with E-state index in [0.717, 1.165) is 24.2 Å². The molecule has 0 saturated carbocycles. The summed E-state index contributed by atoms with van der Waals surface area (Å²) in [6.07, 6.45) is 1.56. The van der Waals surface area contributed by atoms with Crippen LogP contribution in [0.1, 0.15) is 52.7 Å². The van der Waals surface area contributed by atoms with Gasteiger partial charge in [-0.1, -0.05) is 30.7 Å². The predicted octanol–water partition coefficient (Wildman–Crippen LogP) is 5.51. The Morgan fingerprint density at radius 1 is 1.14 bits per heavy atom. The monoisotopic (exact) mass is 506 g/mol. The number of benzene rings is 2. The second-order valence-electron chi connectivity index (χ2n) is 9.20. The van der Waals surface area contributed by atoms with Gasteiger partial charge < -0.3 is 19.3 Å². The molecule has 0 bridgehead atoms. The number of hydrogen-bond donors (Lipinski definition) is 0. The molecule has 0 saturated heterocycles. The highest BCUT2D eigenvalue weighted by atomic mass is 32.1. The van der Waals surface area contributed by atoms with Gasteiger partial charge >= 0.3 is 0 Å². The van der Waals surface area contributed by atoms with Crippen molar-refractivity contribution in [3.8, 4) is 11.5 Å². The topological polar surface area (TPSA) is 59.1 Å². The smallest absolute Gasteiger partial charge is 0.254 e. The first-order chi connectivity index (χ1) is 17.4. The van der Waals surface area contributed by atoms with Gasteiger partial charge in [-0.2, -0.15) is 0 Å². The van der Waals surface area contributed by atoms with Crippen molar-refractivity contribution >= 4 is 23.2 Å². The molecular weight excluding hydrogens is 472 g/mol. The van der Waals surface area contributed by atoms with Crippen LogP contribution in [0.4, 0.5) is 0 Å². The van der Waals surface area contributed by atoms with Crippen molar-refractivity contribution in [2.75, 3.05) is 26.8 Å². The first kappa shape index (κ1) is 25.8. The molecule has 2 aromatic carbocycles. The number of nitrogens with zero attached hydrogens (tertiary/aromatic N) is 2. The van der Waals surface area contributed by atoms with Gasteiger partial charge in [0.05, 0.1) is 13.2 Å². The van der Waals surface area contributed by atoms with E-state index in [1.807, 2.05) is 49.9 Å². The summed E-state index contributed by atoms with van der Waals surface area (Å²) < 4.78 is 11.4. The van der Waals surface area contributed by atoms with E-state index in [4.69, 9.17) is 9.47 Å². The number of aryl methyl sites for hydroxylation is 1. The van der Waals surface area contributed by atoms with Crippen molar-refractivity contribution in [2.24, 2.45) is 0 Å². The Morgan fingerprint density at radius 2 is 1.92 bits per heavy atom. The summed E-state index contributed by atoms with van der Waals surface area (Å²) >= 11 is 1.72. The van der Waals surface area contributed by atoms with Gasteiger partial charge in [0.1, 0.15) is 24.7 Å². The van der Waals surface area contributed by atoms with Crippen LogP contribution in [-0.4, -0.2) is 54.5 Å². The van der Waals surface area contributed by atoms with Gasteiger partial charge in [-0.3, -0.25) is 9.59 Å². The van der Waals surface area contributed by atoms with E-state index in [2.05, 4.69) is 11.4 Å². The zero-order valence-electron chi connectivity index (χ0n) is 21.4. The molecule has 3 aromatic rings. The zero-order valence-corrected chi connectivity index (χ0v) is 22.2. The number of amides is 2. The Hall–Kier alpha value is -3.32. The summed E-state index contributed by atoms with van der Waals surface area (Å²) in [5.41, 5.74) is 2.82. The lowest BCUT2D eigenvalue weighted by atomic mass is 10.00. The molecule has 6 nitrogen and oxygen atoms in total. The maximum atomic E-state index is 13.7. The summed E-state index contributed by atoms with van der Waals surface area (Å²) in [5.74, 6) is 1.16. The van der Waals surface area contributed by atoms with Gasteiger partial charge in [0.25, 0.3) is 5.91 Å². The van der Waals surface area contributed by atoms with Gasteiger partial charge in [-0.05, 0) is 74.0 Å². The molecule has 0 unspecified atom stereocenters. The van der Waals surface area contributed by atoms with Crippen molar-refractivity contribution in [3.63, 3.8) is 0 Å². The minimum absolute atomic E-state index is 0.0194. The van der Waals surface area contributed by atoms with Crippen molar-refractivity contribution in [1.82, 2.24) is 9.80 Å². The Balaban J connectivity index is 1.54. The molecule has 7 heteroatoms. The van der Waals surface area contributed by atoms with Gasteiger partial charge in [-0.25, -0.2) is 0 Å². The highest BCUT2D eigenvalue weighted by molar-refractivity contribution is 7.10. The van der Waals surface area contributed by atoms with Crippen LogP contribution in [0, 0.1) is 6.92 Å². The first-order valence-electron chi connectivity index (χ1n) is 12.4. The summed E-state index contributed by atoms with van der Waals surface area (Å²) in [6.45, 7) is 7.04. The molecule has 2 amide bonds. The van der Waals surface area contributed by atoms with E-state index < -0.39 is 0 Å². The van der Waals surface area contributed by atoms with E-state index in [1.54, 1.807) is 47.6 Å². The number of methoxy groups -OCH3 is 1. The van der Waals surface area contributed by atoms with Crippen LogP contribution in [0.15, 0.2) is 60.0 Å². The molecular formula is C29H34N2O4S. The minimum atomic E-state index is -0.195. The van der Waals surface area contributed by atoms with Crippen LogP contribution < -0.4 is 9.47 Å². The molecule has 1 aliphatic rings. The molecule has 0 radical (unpaired) electrons. The van der Waals surface area contributed by atoms with E-state index in [-0.39, 0.29) is 30.4 Å². The fourth-order valence-electron chi connectivity index (χ4n) is 4.49. The van der Waals surface area contributed by atoms with Gasteiger partial charge in [0, 0.05) is 23.0 Å². The largest absolute Gasteiger partial charge is 0.497 e. The van der Waals surface area contributed by atoms with Crippen molar-refractivity contribution in [2.45, 2.75) is 45.7 Å². The number of carbonyl (C=O) groups excluding carboxylic acids is 2. The van der Waals surface area contributed by atoms with Gasteiger partial charge in [-0.15, -0.1) is 11.3 Å². The standard InChI is InChI=1S/C29H34N2O4S/c1-5-21(3)31(29(33)22-7-6-8-24(17-22)34-4)18-28(32)30-15-13-27-25(14-16-36-27)26(30)19-35-23-11-9-20(2)10-12-23/h6-12,14,16-17,21,26H,5,13,15,18-19H2,1-4H3/t21-,26-/m1/s1. The lowest BCUT2D eigenvalue weighted by Crippen LogP contribution is -2.49. The summed E-state index contributed by atoms with van der Waals surface area (Å²) in [7, 11) is 1.58. The molecule has 0 N–H and O–H groups in total. The fourth-order valence-corrected chi connectivity index (χ4v) is 5.42. The van der Waals surface area contributed by atoms with Crippen molar-refractivity contribution in [3.05, 3.63) is 81.5 Å². The average Bonchev–Trinajstić information content (AvgIpc) is 3.39. The maximum absolute atomic E-state index is 13.7. The maximum Gasteiger partial charge on any atom is 0.254 e. The predicted molar refractivity (Wildman–Crippen MR) is 143 cm³/mol. The number of rotatable bonds is 9. The highest BCUT2D eigenvalue weighted by Gasteiger charge is 2.34. The van der Waals surface area contributed by atoms with Crippen molar-refractivity contribution < 1.29 is 19.1 Å². The van der Waals surface area contributed by atoms with Crippen LogP contribution in [-0.2, 0) is 11.2 Å². The Morgan fingerprint density at radius 3 is 2.64 bits per heavy atom. The first-order valence-corrected chi connectivity index (χ1v) is 13.3. The lowest BCUT2D eigenvalue weighted by molar-refractivity contribution is -0.136. The Bertz CT molecular complexity index is 1190. The highest BCUT2D eigenvalue weighted by Crippen LogP contribution is 2.34. The molecule has 0 fully saturated rings. The van der Waals surface area contributed by atoms with Crippen LogP contribution in [0.2, 0.25) is 0 Å². The number of ether oxygens (including phenoxy) is 2. The minimum Gasteiger partial charge on any atom is -0.497 e. The quantitative estimate of drug-likeness (QED) is 0.384. The van der Waals surface area contributed by atoms with Crippen LogP contribution in [0.5, 0.6) is 11.5 Å². The summed E-state index contributed by atoms with van der Waals surface area (Å²) in [6, 6.07) is 16.8. The second-order valence-corrected chi connectivity index (χ2v) is 10.2. The third-order valence-electron chi connectivity index (χ3n) is 6.85. The zero-order chi connectivity index (χ0) is 25.7. The van der Waals surface area contributed by atoms with Gasteiger partial charge in [0.15, 0.2) is 0 Å². The molecule has 0 aliphatic carbocycles. The molecule has 0 spiro atoms. The van der Waals surface area contributed by atoms with E-state index in [9.17, 15) is 9.59 Å². The molecule has 1 aromatic heterocycles. The van der Waals surface area contributed by atoms with E-state index in [1.165, 1.54) is 10.4 Å². The summed E-state index contributed by atoms with van der Waals surface area (Å²) in [4.78, 5) is 32.1. The van der Waals surface area contributed by atoms with Crippen LogP contribution in [0.3, 0.4) is 0 Å². The van der Waals surface area contributed by atoms with E-state index >= 15 is 0 Å². The third kappa shape index (κ3) is 5.73. The second kappa shape index (κ2) is 11.6. The lowest BCUT2D eigenvalue weighted by Gasteiger charge is -2.38. The SMILES string of the molecule is CC[C@@H](C)N(CC(=O)N1CCc2sccc2[C@H]1COc1ccc(C)cc1)C(=O)c1cccc(OC)c1. The molecule has 2 atom stereocenters. The van der Waals surface area contributed by atoms with Crippen molar-refractivity contribution in [1.29, 1.82) is 0 Å². The average molecular weight is 507 g/mol. The van der Waals surface area contributed by atoms with Gasteiger partial charge in [0.2, 0.25) is 5.91 Å². The Labute approximate surface area is 217 Å². The summed E-state index contributed by atoms with van der Waals surface area (Å²) in [5, 5.41) is 2.08. The number of carbonyl (C=O) groups is 2. The molecule has 4 rings (SSSR count).